The third kappa shape index (κ3) is 5.27. The molecule has 5 rings (SSSR count). The predicted molar refractivity (Wildman–Crippen MR) is 147 cm³/mol. The van der Waals surface area contributed by atoms with E-state index >= 15 is 0 Å². The molecule has 2 aromatic heterocycles. The molecule has 192 valence electrons. The summed E-state index contributed by atoms with van der Waals surface area (Å²) in [6.07, 6.45) is 4.35. The summed E-state index contributed by atoms with van der Waals surface area (Å²) >= 11 is 7.44. The Morgan fingerprint density at radius 2 is 1.78 bits per heavy atom. The number of aromatic nitrogens is 2. The minimum absolute atomic E-state index is 0.0400. The number of sulfonamides is 1. The Bertz CT molecular complexity index is 1490. The summed E-state index contributed by atoms with van der Waals surface area (Å²) in [4.78, 5) is 24.9. The second-order valence-electron chi connectivity index (χ2n) is 9.29. The molecule has 0 bridgehead atoms. The van der Waals surface area contributed by atoms with Gasteiger partial charge in [0.25, 0.3) is 0 Å². The Kier molecular flexibility index (Phi) is 7.31. The van der Waals surface area contributed by atoms with E-state index in [1.165, 1.54) is 27.8 Å². The molecular weight excluding hydrogens is 528 g/mol. The van der Waals surface area contributed by atoms with E-state index in [1.807, 2.05) is 32.0 Å². The minimum Gasteiger partial charge on any atom is -0.283 e. The van der Waals surface area contributed by atoms with Crippen molar-refractivity contribution in [1.82, 2.24) is 14.3 Å². The molecule has 1 saturated heterocycles. The standard InChI is InChI=1S/C27H27ClN4O3S2/c1-18-5-6-19(2)25-24(18)30-27(36-25)32(17-20-4-3-13-29-16-20)26(33)21-11-14-31(15-12-21)37(34,35)23-9-7-22(28)8-10-23/h3-10,13,16,21H,11-12,14-15,17H2,1-2H3. The number of aryl methyl sites for hydroxylation is 2. The number of anilines is 1. The highest BCUT2D eigenvalue weighted by molar-refractivity contribution is 7.89. The minimum atomic E-state index is -3.64. The smallest absolute Gasteiger partial charge is 0.243 e. The van der Waals surface area contributed by atoms with E-state index in [9.17, 15) is 13.2 Å². The summed E-state index contributed by atoms with van der Waals surface area (Å²) in [5.74, 6) is -0.343. The maximum absolute atomic E-state index is 13.9. The molecule has 0 spiro atoms. The third-order valence-corrected chi connectivity index (χ3v) is 10.1. The van der Waals surface area contributed by atoms with Crippen molar-refractivity contribution >= 4 is 54.2 Å². The van der Waals surface area contributed by atoms with Crippen molar-refractivity contribution in [3.05, 3.63) is 82.6 Å². The van der Waals surface area contributed by atoms with Crippen molar-refractivity contribution in [2.24, 2.45) is 5.92 Å². The molecule has 1 aliphatic rings. The first kappa shape index (κ1) is 25.8. The highest BCUT2D eigenvalue weighted by Crippen LogP contribution is 2.35. The van der Waals surface area contributed by atoms with Gasteiger partial charge in [0.2, 0.25) is 15.9 Å². The van der Waals surface area contributed by atoms with E-state index in [1.54, 1.807) is 29.4 Å². The largest absolute Gasteiger partial charge is 0.283 e. The lowest BCUT2D eigenvalue weighted by Gasteiger charge is -2.33. The Hall–Kier alpha value is -2.85. The second-order valence-corrected chi connectivity index (χ2v) is 12.6. The van der Waals surface area contributed by atoms with Crippen molar-refractivity contribution in [1.29, 1.82) is 0 Å². The van der Waals surface area contributed by atoms with Crippen molar-refractivity contribution < 1.29 is 13.2 Å². The van der Waals surface area contributed by atoms with Gasteiger partial charge in [-0.25, -0.2) is 13.4 Å². The summed E-state index contributed by atoms with van der Waals surface area (Å²) < 4.78 is 28.7. The number of hydrogen-bond acceptors (Lipinski definition) is 6. The number of fused-ring (bicyclic) bond motifs is 1. The highest BCUT2D eigenvalue weighted by atomic mass is 35.5. The van der Waals surface area contributed by atoms with Crippen LogP contribution < -0.4 is 4.90 Å². The highest BCUT2D eigenvalue weighted by Gasteiger charge is 2.35. The van der Waals surface area contributed by atoms with Gasteiger partial charge in [-0.3, -0.25) is 14.7 Å². The van der Waals surface area contributed by atoms with E-state index in [4.69, 9.17) is 16.6 Å². The monoisotopic (exact) mass is 554 g/mol. The first-order valence-electron chi connectivity index (χ1n) is 12.1. The summed E-state index contributed by atoms with van der Waals surface area (Å²) in [7, 11) is -3.64. The predicted octanol–water partition coefficient (Wildman–Crippen LogP) is 5.60. The van der Waals surface area contributed by atoms with Crippen molar-refractivity contribution in [2.45, 2.75) is 38.1 Å². The molecule has 0 unspecified atom stereocenters. The van der Waals surface area contributed by atoms with Crippen LogP contribution in [0.1, 0.15) is 29.5 Å². The molecule has 1 fully saturated rings. The van der Waals surface area contributed by atoms with Crippen LogP contribution in [0.2, 0.25) is 5.02 Å². The van der Waals surface area contributed by atoms with Gasteiger partial charge in [0.05, 0.1) is 21.7 Å². The van der Waals surface area contributed by atoms with Crippen LogP contribution in [0, 0.1) is 19.8 Å². The number of thiazole rings is 1. The summed E-state index contributed by atoms with van der Waals surface area (Å²) in [6, 6.07) is 14.1. The van der Waals surface area contributed by atoms with Crippen LogP contribution in [0.5, 0.6) is 0 Å². The summed E-state index contributed by atoms with van der Waals surface area (Å²) in [5, 5.41) is 1.13. The fourth-order valence-corrected chi connectivity index (χ4v) is 7.31. The maximum Gasteiger partial charge on any atom is 0.243 e. The molecule has 37 heavy (non-hydrogen) atoms. The SMILES string of the molecule is Cc1ccc(C)c2sc(N(Cc3cccnc3)C(=O)C3CCN(S(=O)(=O)c4ccc(Cl)cc4)CC3)nc12. The quantitative estimate of drug-likeness (QED) is 0.310. The zero-order valence-corrected chi connectivity index (χ0v) is 23.0. The van der Waals surface area contributed by atoms with Crippen LogP contribution in [0.25, 0.3) is 10.2 Å². The fourth-order valence-electron chi connectivity index (χ4n) is 4.60. The third-order valence-electron chi connectivity index (χ3n) is 6.75. The van der Waals surface area contributed by atoms with E-state index in [-0.39, 0.29) is 29.8 Å². The van der Waals surface area contributed by atoms with Crippen LogP contribution in [-0.4, -0.2) is 41.7 Å². The van der Waals surface area contributed by atoms with Gasteiger partial charge in [-0.1, -0.05) is 41.1 Å². The molecule has 0 atom stereocenters. The molecule has 4 aromatic rings. The van der Waals surface area contributed by atoms with Gasteiger partial charge in [-0.05, 0) is 73.7 Å². The first-order valence-corrected chi connectivity index (χ1v) is 14.7. The zero-order valence-electron chi connectivity index (χ0n) is 20.6. The number of hydrogen-bond donors (Lipinski definition) is 0. The van der Waals surface area contributed by atoms with Crippen LogP contribution in [0.3, 0.4) is 0 Å². The van der Waals surface area contributed by atoms with Gasteiger partial charge in [-0.2, -0.15) is 4.31 Å². The number of pyridine rings is 1. The number of carbonyl (C=O) groups is 1. The maximum atomic E-state index is 13.9. The Morgan fingerprint density at radius 3 is 2.43 bits per heavy atom. The average molecular weight is 555 g/mol. The molecule has 7 nitrogen and oxygen atoms in total. The van der Waals surface area contributed by atoms with Gasteiger partial charge in [0.15, 0.2) is 5.13 Å². The molecule has 0 aliphatic carbocycles. The first-order chi connectivity index (χ1) is 17.7. The van der Waals surface area contributed by atoms with Crippen LogP contribution in [-0.2, 0) is 21.4 Å². The molecule has 10 heteroatoms. The van der Waals surface area contributed by atoms with Crippen LogP contribution >= 0.6 is 22.9 Å². The zero-order chi connectivity index (χ0) is 26.2. The molecule has 1 amide bonds. The van der Waals surface area contributed by atoms with Gasteiger partial charge >= 0.3 is 0 Å². The van der Waals surface area contributed by atoms with E-state index in [0.29, 0.717) is 29.5 Å². The van der Waals surface area contributed by atoms with Gasteiger partial charge in [0, 0.05) is 36.4 Å². The number of halogens is 1. The average Bonchev–Trinajstić information content (AvgIpc) is 3.37. The lowest BCUT2D eigenvalue weighted by molar-refractivity contribution is -0.123. The van der Waals surface area contributed by atoms with Gasteiger partial charge in [-0.15, -0.1) is 0 Å². The van der Waals surface area contributed by atoms with Crippen molar-refractivity contribution in [2.75, 3.05) is 18.0 Å². The van der Waals surface area contributed by atoms with Crippen LogP contribution in [0.4, 0.5) is 5.13 Å². The lowest BCUT2D eigenvalue weighted by atomic mass is 9.96. The molecule has 0 saturated carbocycles. The number of benzene rings is 2. The Labute approximate surface area is 225 Å². The number of rotatable bonds is 6. The second kappa shape index (κ2) is 10.5. The molecular formula is C27H27ClN4O3S2. The van der Waals surface area contributed by atoms with Crippen molar-refractivity contribution in [3.63, 3.8) is 0 Å². The number of amides is 1. The molecule has 0 N–H and O–H groups in total. The molecule has 1 aliphatic heterocycles. The summed E-state index contributed by atoms with van der Waals surface area (Å²) in [5.41, 5.74) is 4.01. The number of piperidine rings is 1. The van der Waals surface area contributed by atoms with E-state index in [0.717, 1.165) is 26.9 Å². The van der Waals surface area contributed by atoms with Crippen LogP contribution in [0.15, 0.2) is 65.8 Å². The lowest BCUT2D eigenvalue weighted by Crippen LogP contribution is -2.44. The van der Waals surface area contributed by atoms with Crippen molar-refractivity contribution in [3.8, 4) is 0 Å². The van der Waals surface area contributed by atoms with Gasteiger partial charge in [0.1, 0.15) is 0 Å². The fraction of sp³-hybridized carbons (Fsp3) is 0.296. The molecule has 3 heterocycles. The Balaban J connectivity index is 1.39. The van der Waals surface area contributed by atoms with E-state index in [2.05, 4.69) is 11.1 Å². The summed E-state index contributed by atoms with van der Waals surface area (Å²) in [6.45, 7) is 4.98. The Morgan fingerprint density at radius 1 is 1.08 bits per heavy atom. The normalized spacial score (nSPS) is 15.2. The van der Waals surface area contributed by atoms with E-state index < -0.39 is 10.0 Å². The molecule has 2 aromatic carbocycles. The molecule has 0 radical (unpaired) electrons. The number of nitrogens with zero attached hydrogens (tertiary/aromatic N) is 4. The van der Waals surface area contributed by atoms with Gasteiger partial charge < -0.3 is 0 Å². The number of carbonyl (C=O) groups excluding carboxylic acids is 1. The topological polar surface area (TPSA) is 83.5 Å².